The maximum atomic E-state index is 9.32. The minimum Gasteiger partial charge on any atom is -0.495 e. The van der Waals surface area contributed by atoms with E-state index >= 15 is 0 Å². The number of hydrogen-bond donors (Lipinski definition) is 0. The highest BCUT2D eigenvalue weighted by Gasteiger charge is 2.14. The Balaban J connectivity index is 1.94. The van der Waals surface area contributed by atoms with Crippen LogP contribution in [-0.4, -0.2) is 38.4 Å². The van der Waals surface area contributed by atoms with Gasteiger partial charge in [0.25, 0.3) is 0 Å². The van der Waals surface area contributed by atoms with Crippen molar-refractivity contribution in [2.24, 2.45) is 0 Å². The summed E-state index contributed by atoms with van der Waals surface area (Å²) in [5, 5.41) is 9.32. The van der Waals surface area contributed by atoms with Gasteiger partial charge >= 0.3 is 0 Å². The molecule has 3 aromatic rings. The first-order valence-corrected chi connectivity index (χ1v) is 8.82. The number of methoxy groups -OCH3 is 4. The number of rotatable bonds is 7. The van der Waals surface area contributed by atoms with Gasteiger partial charge in [0.2, 0.25) is 5.75 Å². The Kier molecular flexibility index (Phi) is 6.15. The summed E-state index contributed by atoms with van der Waals surface area (Å²) >= 11 is 0. The van der Waals surface area contributed by atoms with Crippen LogP contribution in [0.1, 0.15) is 17.0 Å². The average molecular weight is 391 g/mol. The van der Waals surface area contributed by atoms with E-state index in [0.717, 1.165) is 16.8 Å². The summed E-state index contributed by atoms with van der Waals surface area (Å²) in [6, 6.07) is 13.1. The van der Waals surface area contributed by atoms with Gasteiger partial charge in [0.05, 0.1) is 39.7 Å². The molecule has 7 heteroatoms. The molecular weight excluding hydrogens is 370 g/mol. The molecule has 2 aromatic carbocycles. The lowest BCUT2D eigenvalue weighted by atomic mass is 10.1. The van der Waals surface area contributed by atoms with Gasteiger partial charge in [0, 0.05) is 18.2 Å². The van der Waals surface area contributed by atoms with Gasteiger partial charge in [-0.15, -0.1) is 0 Å². The quantitative estimate of drug-likeness (QED) is 0.608. The number of nitriles is 1. The standard InChI is InChI=1S/C22H21N3O4/c1-26-18-6-5-15(12-16(18)13-23)17-7-8-24-21(25-17)11-14-9-19(27-2)22(29-4)20(10-14)28-3/h5-10,12H,11H2,1-4H3. The SMILES string of the molecule is COc1ccc(-c2ccnc(Cc3cc(OC)c(OC)c(OC)c3)n2)cc1C#N. The Hall–Kier alpha value is -3.79. The Morgan fingerprint density at radius 2 is 1.55 bits per heavy atom. The van der Waals surface area contributed by atoms with Gasteiger partial charge in [-0.3, -0.25) is 0 Å². The molecule has 0 saturated carbocycles. The predicted molar refractivity (Wildman–Crippen MR) is 108 cm³/mol. The first-order chi connectivity index (χ1) is 14.1. The monoisotopic (exact) mass is 391 g/mol. The summed E-state index contributed by atoms with van der Waals surface area (Å²) in [7, 11) is 6.26. The molecule has 0 aliphatic carbocycles. The van der Waals surface area contributed by atoms with Crippen molar-refractivity contribution >= 4 is 0 Å². The van der Waals surface area contributed by atoms with Gasteiger partial charge in [0.15, 0.2) is 11.5 Å². The van der Waals surface area contributed by atoms with Crippen molar-refractivity contribution in [1.82, 2.24) is 9.97 Å². The van der Waals surface area contributed by atoms with Crippen molar-refractivity contribution in [2.45, 2.75) is 6.42 Å². The Labute approximate surface area is 169 Å². The van der Waals surface area contributed by atoms with Crippen molar-refractivity contribution < 1.29 is 18.9 Å². The lowest BCUT2D eigenvalue weighted by Crippen LogP contribution is -2.01. The van der Waals surface area contributed by atoms with Gasteiger partial charge in [-0.05, 0) is 42.0 Å². The summed E-state index contributed by atoms with van der Waals surface area (Å²) in [5.41, 5.74) is 2.91. The van der Waals surface area contributed by atoms with E-state index < -0.39 is 0 Å². The molecule has 1 aromatic heterocycles. The van der Waals surface area contributed by atoms with Crippen molar-refractivity contribution in [3.05, 3.63) is 59.5 Å². The zero-order chi connectivity index (χ0) is 20.8. The van der Waals surface area contributed by atoms with Crippen LogP contribution in [0.3, 0.4) is 0 Å². The zero-order valence-electron chi connectivity index (χ0n) is 16.7. The smallest absolute Gasteiger partial charge is 0.203 e. The summed E-state index contributed by atoms with van der Waals surface area (Å²) in [6.07, 6.45) is 2.18. The largest absolute Gasteiger partial charge is 0.495 e. The van der Waals surface area contributed by atoms with Crippen molar-refractivity contribution in [3.8, 4) is 40.3 Å². The van der Waals surface area contributed by atoms with Crippen LogP contribution < -0.4 is 18.9 Å². The van der Waals surface area contributed by atoms with Crippen LogP contribution in [0.15, 0.2) is 42.6 Å². The van der Waals surface area contributed by atoms with Crippen LogP contribution in [0, 0.1) is 11.3 Å². The molecule has 0 N–H and O–H groups in total. The van der Waals surface area contributed by atoms with E-state index in [2.05, 4.69) is 16.0 Å². The Morgan fingerprint density at radius 3 is 2.14 bits per heavy atom. The van der Waals surface area contributed by atoms with Gasteiger partial charge in [-0.25, -0.2) is 9.97 Å². The molecule has 29 heavy (non-hydrogen) atoms. The van der Waals surface area contributed by atoms with Crippen LogP contribution in [0.5, 0.6) is 23.0 Å². The minimum absolute atomic E-state index is 0.454. The molecule has 0 atom stereocenters. The molecule has 0 radical (unpaired) electrons. The van der Waals surface area contributed by atoms with E-state index in [1.165, 1.54) is 7.11 Å². The lowest BCUT2D eigenvalue weighted by Gasteiger charge is -2.14. The van der Waals surface area contributed by atoms with E-state index in [0.29, 0.717) is 40.8 Å². The van der Waals surface area contributed by atoms with E-state index in [1.807, 2.05) is 24.3 Å². The second-order valence-corrected chi connectivity index (χ2v) is 6.10. The van der Waals surface area contributed by atoms with Crippen LogP contribution >= 0.6 is 0 Å². The second-order valence-electron chi connectivity index (χ2n) is 6.10. The lowest BCUT2D eigenvalue weighted by molar-refractivity contribution is 0.324. The summed E-state index contributed by atoms with van der Waals surface area (Å²) in [5.74, 6) is 2.85. The van der Waals surface area contributed by atoms with Gasteiger partial charge in [0.1, 0.15) is 17.6 Å². The highest BCUT2D eigenvalue weighted by Crippen LogP contribution is 2.38. The third-order valence-corrected chi connectivity index (χ3v) is 4.41. The van der Waals surface area contributed by atoms with Crippen LogP contribution in [0.2, 0.25) is 0 Å². The molecule has 3 rings (SSSR count). The maximum Gasteiger partial charge on any atom is 0.203 e. The van der Waals surface area contributed by atoms with Crippen molar-refractivity contribution in [2.75, 3.05) is 28.4 Å². The number of ether oxygens (including phenoxy) is 4. The van der Waals surface area contributed by atoms with Crippen molar-refractivity contribution in [3.63, 3.8) is 0 Å². The fourth-order valence-corrected chi connectivity index (χ4v) is 3.02. The molecule has 0 unspecified atom stereocenters. The highest BCUT2D eigenvalue weighted by atomic mass is 16.5. The third-order valence-electron chi connectivity index (χ3n) is 4.41. The molecule has 0 spiro atoms. The normalized spacial score (nSPS) is 10.2. The summed E-state index contributed by atoms with van der Waals surface area (Å²) in [4.78, 5) is 9.02. The van der Waals surface area contributed by atoms with Crippen LogP contribution in [-0.2, 0) is 6.42 Å². The van der Waals surface area contributed by atoms with E-state index in [9.17, 15) is 5.26 Å². The van der Waals surface area contributed by atoms with Crippen LogP contribution in [0.25, 0.3) is 11.3 Å². The molecule has 0 saturated heterocycles. The Bertz CT molecular complexity index is 1040. The molecule has 148 valence electrons. The molecule has 0 aliphatic heterocycles. The first-order valence-electron chi connectivity index (χ1n) is 8.82. The zero-order valence-corrected chi connectivity index (χ0v) is 16.7. The van der Waals surface area contributed by atoms with E-state index in [4.69, 9.17) is 18.9 Å². The second kappa shape index (κ2) is 8.93. The fourth-order valence-electron chi connectivity index (χ4n) is 3.02. The molecule has 0 aliphatic rings. The molecule has 0 amide bonds. The van der Waals surface area contributed by atoms with Gasteiger partial charge in [-0.2, -0.15) is 5.26 Å². The van der Waals surface area contributed by atoms with Gasteiger partial charge < -0.3 is 18.9 Å². The summed E-state index contributed by atoms with van der Waals surface area (Å²) in [6.45, 7) is 0. The maximum absolute atomic E-state index is 9.32. The number of nitrogens with zero attached hydrogens (tertiary/aromatic N) is 3. The highest BCUT2D eigenvalue weighted by molar-refractivity contribution is 5.64. The molecule has 0 bridgehead atoms. The fraction of sp³-hybridized carbons (Fsp3) is 0.227. The molecule has 7 nitrogen and oxygen atoms in total. The topological polar surface area (TPSA) is 86.5 Å². The number of hydrogen-bond acceptors (Lipinski definition) is 7. The van der Waals surface area contributed by atoms with Gasteiger partial charge in [-0.1, -0.05) is 0 Å². The Morgan fingerprint density at radius 1 is 0.862 bits per heavy atom. The molecule has 0 fully saturated rings. The van der Waals surface area contributed by atoms with E-state index in [1.54, 1.807) is 39.7 Å². The van der Waals surface area contributed by atoms with Crippen molar-refractivity contribution in [1.29, 1.82) is 5.26 Å². The minimum atomic E-state index is 0.454. The first kappa shape index (κ1) is 20.0. The molecule has 1 heterocycles. The van der Waals surface area contributed by atoms with E-state index in [-0.39, 0.29) is 0 Å². The third kappa shape index (κ3) is 4.22. The number of benzene rings is 2. The predicted octanol–water partition coefficient (Wildman–Crippen LogP) is 3.64. The van der Waals surface area contributed by atoms with Crippen LogP contribution in [0.4, 0.5) is 0 Å². The molecular formula is C22H21N3O4. The number of aromatic nitrogens is 2. The summed E-state index contributed by atoms with van der Waals surface area (Å²) < 4.78 is 21.4. The average Bonchev–Trinajstić information content (AvgIpc) is 2.77.